The van der Waals surface area contributed by atoms with Crippen LogP contribution in [0.1, 0.15) is 37.9 Å². The third kappa shape index (κ3) is 1.38. The summed E-state index contributed by atoms with van der Waals surface area (Å²) in [5, 5.41) is 3.60. The minimum Gasteiger partial charge on any atom is -0.468 e. The summed E-state index contributed by atoms with van der Waals surface area (Å²) < 4.78 is 5.30. The average Bonchev–Trinajstić information content (AvgIpc) is 2.63. The highest BCUT2D eigenvalue weighted by Crippen LogP contribution is 2.57. The second kappa shape index (κ2) is 3.13. The molecular formula is C12H17NO. The molecule has 2 aliphatic rings. The second-order valence-electron chi connectivity index (χ2n) is 4.79. The van der Waals surface area contributed by atoms with E-state index in [1.807, 2.05) is 12.1 Å². The van der Waals surface area contributed by atoms with Crippen molar-refractivity contribution in [3.8, 4) is 0 Å². The van der Waals surface area contributed by atoms with Gasteiger partial charge in [-0.25, -0.2) is 0 Å². The molecule has 0 aliphatic heterocycles. The SMILES string of the molecule is c1coc(CNC2CC23CCCC3)c1. The Morgan fingerprint density at radius 1 is 1.43 bits per heavy atom. The molecule has 0 radical (unpaired) electrons. The van der Waals surface area contributed by atoms with Crippen molar-refractivity contribution in [3.05, 3.63) is 24.2 Å². The van der Waals surface area contributed by atoms with Crippen molar-refractivity contribution in [2.75, 3.05) is 0 Å². The molecule has 2 nitrogen and oxygen atoms in total. The van der Waals surface area contributed by atoms with Crippen LogP contribution in [0.25, 0.3) is 0 Å². The van der Waals surface area contributed by atoms with Crippen molar-refractivity contribution in [2.45, 2.75) is 44.7 Å². The molecule has 3 rings (SSSR count). The lowest BCUT2D eigenvalue weighted by Gasteiger charge is -2.08. The predicted molar refractivity (Wildman–Crippen MR) is 54.9 cm³/mol. The molecule has 0 aromatic carbocycles. The minimum atomic E-state index is 0.701. The van der Waals surface area contributed by atoms with Gasteiger partial charge in [0.2, 0.25) is 0 Å². The van der Waals surface area contributed by atoms with Crippen LogP contribution in [-0.2, 0) is 6.54 Å². The minimum absolute atomic E-state index is 0.701. The number of nitrogens with one attached hydrogen (secondary N) is 1. The van der Waals surface area contributed by atoms with Gasteiger partial charge in [-0.05, 0) is 36.8 Å². The van der Waals surface area contributed by atoms with Crippen LogP contribution in [0.4, 0.5) is 0 Å². The normalized spacial score (nSPS) is 28.4. The summed E-state index contributed by atoms with van der Waals surface area (Å²) >= 11 is 0. The summed E-state index contributed by atoms with van der Waals surface area (Å²) in [6.07, 6.45) is 8.92. The highest BCUT2D eigenvalue weighted by atomic mass is 16.3. The van der Waals surface area contributed by atoms with Gasteiger partial charge in [0.05, 0.1) is 12.8 Å². The van der Waals surface area contributed by atoms with Crippen molar-refractivity contribution in [1.82, 2.24) is 5.32 Å². The Kier molecular flexibility index (Phi) is 1.91. The molecular weight excluding hydrogens is 174 g/mol. The molecule has 76 valence electrons. The Morgan fingerprint density at radius 3 is 3.00 bits per heavy atom. The van der Waals surface area contributed by atoms with Crippen LogP contribution in [0, 0.1) is 5.41 Å². The van der Waals surface area contributed by atoms with Gasteiger partial charge in [-0.15, -0.1) is 0 Å². The van der Waals surface area contributed by atoms with Gasteiger partial charge in [0.1, 0.15) is 5.76 Å². The fraction of sp³-hybridized carbons (Fsp3) is 0.667. The Hall–Kier alpha value is -0.760. The maximum atomic E-state index is 5.30. The first kappa shape index (κ1) is 8.54. The van der Waals surface area contributed by atoms with Crippen LogP contribution in [0.3, 0.4) is 0 Å². The molecule has 2 heteroatoms. The lowest BCUT2D eigenvalue weighted by molar-refractivity contribution is 0.437. The van der Waals surface area contributed by atoms with Crippen LogP contribution in [0.2, 0.25) is 0 Å². The molecule has 1 N–H and O–H groups in total. The molecule has 1 atom stereocenters. The zero-order valence-electron chi connectivity index (χ0n) is 8.46. The quantitative estimate of drug-likeness (QED) is 0.794. The zero-order valence-corrected chi connectivity index (χ0v) is 8.46. The summed E-state index contributed by atoms with van der Waals surface area (Å²) in [5.74, 6) is 1.06. The number of rotatable bonds is 3. The van der Waals surface area contributed by atoms with Crippen molar-refractivity contribution < 1.29 is 4.42 Å². The number of hydrogen-bond acceptors (Lipinski definition) is 2. The molecule has 0 amide bonds. The van der Waals surface area contributed by atoms with E-state index in [0.29, 0.717) is 5.41 Å². The summed E-state index contributed by atoms with van der Waals surface area (Å²) in [6.45, 7) is 0.902. The molecule has 2 fully saturated rings. The second-order valence-corrected chi connectivity index (χ2v) is 4.79. The summed E-state index contributed by atoms with van der Waals surface area (Å²) in [7, 11) is 0. The molecule has 2 aliphatic carbocycles. The zero-order chi connectivity index (χ0) is 9.43. The molecule has 1 aromatic heterocycles. The van der Waals surface area contributed by atoms with Gasteiger partial charge in [0, 0.05) is 6.04 Å². The summed E-state index contributed by atoms with van der Waals surface area (Å²) in [6, 6.07) is 4.77. The monoisotopic (exact) mass is 191 g/mol. The predicted octanol–water partition coefficient (Wildman–Crippen LogP) is 2.70. The Labute approximate surface area is 84.7 Å². The van der Waals surface area contributed by atoms with Crippen molar-refractivity contribution in [2.24, 2.45) is 5.41 Å². The third-order valence-corrected chi connectivity index (χ3v) is 3.89. The van der Waals surface area contributed by atoms with Gasteiger partial charge in [0.25, 0.3) is 0 Å². The van der Waals surface area contributed by atoms with Gasteiger partial charge in [0.15, 0.2) is 0 Å². The molecule has 14 heavy (non-hydrogen) atoms. The van der Waals surface area contributed by atoms with Crippen LogP contribution in [0.5, 0.6) is 0 Å². The molecule has 1 unspecified atom stereocenters. The molecule has 2 saturated carbocycles. The maximum Gasteiger partial charge on any atom is 0.117 e. The number of hydrogen-bond donors (Lipinski definition) is 1. The van der Waals surface area contributed by atoms with E-state index < -0.39 is 0 Å². The van der Waals surface area contributed by atoms with Crippen LogP contribution < -0.4 is 5.32 Å². The van der Waals surface area contributed by atoms with Gasteiger partial charge < -0.3 is 9.73 Å². The smallest absolute Gasteiger partial charge is 0.117 e. The first-order chi connectivity index (χ1) is 6.89. The highest BCUT2D eigenvalue weighted by Gasteiger charge is 2.54. The average molecular weight is 191 g/mol. The standard InChI is InChI=1S/C12H17NO/c1-2-6-12(5-1)8-11(12)13-9-10-4-3-7-14-10/h3-4,7,11,13H,1-2,5-6,8-9H2. The summed E-state index contributed by atoms with van der Waals surface area (Å²) in [4.78, 5) is 0. The maximum absolute atomic E-state index is 5.30. The van der Waals surface area contributed by atoms with Gasteiger partial charge in [-0.1, -0.05) is 12.8 Å². The Morgan fingerprint density at radius 2 is 2.29 bits per heavy atom. The Balaban J connectivity index is 1.51. The fourth-order valence-corrected chi connectivity index (χ4v) is 2.90. The van der Waals surface area contributed by atoms with Crippen LogP contribution in [0.15, 0.2) is 22.8 Å². The number of furan rings is 1. The van der Waals surface area contributed by atoms with Crippen LogP contribution in [-0.4, -0.2) is 6.04 Å². The van der Waals surface area contributed by atoms with Gasteiger partial charge in [-0.3, -0.25) is 0 Å². The van der Waals surface area contributed by atoms with E-state index in [0.717, 1.165) is 18.3 Å². The van der Waals surface area contributed by atoms with E-state index in [2.05, 4.69) is 5.32 Å². The highest BCUT2D eigenvalue weighted by molar-refractivity contribution is 5.10. The third-order valence-electron chi connectivity index (χ3n) is 3.89. The van der Waals surface area contributed by atoms with E-state index in [-0.39, 0.29) is 0 Å². The molecule has 1 spiro atoms. The lowest BCUT2D eigenvalue weighted by atomic mass is 10.1. The van der Waals surface area contributed by atoms with E-state index >= 15 is 0 Å². The fourth-order valence-electron chi connectivity index (χ4n) is 2.90. The first-order valence-electron chi connectivity index (χ1n) is 5.65. The van der Waals surface area contributed by atoms with E-state index in [1.54, 1.807) is 6.26 Å². The largest absolute Gasteiger partial charge is 0.468 e. The van der Waals surface area contributed by atoms with Crippen molar-refractivity contribution in [1.29, 1.82) is 0 Å². The first-order valence-corrected chi connectivity index (χ1v) is 5.65. The van der Waals surface area contributed by atoms with Crippen molar-refractivity contribution >= 4 is 0 Å². The van der Waals surface area contributed by atoms with Gasteiger partial charge >= 0.3 is 0 Å². The molecule has 1 heterocycles. The Bertz CT molecular complexity index is 298. The van der Waals surface area contributed by atoms with Gasteiger partial charge in [-0.2, -0.15) is 0 Å². The van der Waals surface area contributed by atoms with E-state index in [4.69, 9.17) is 4.42 Å². The van der Waals surface area contributed by atoms with E-state index in [9.17, 15) is 0 Å². The topological polar surface area (TPSA) is 25.2 Å². The summed E-state index contributed by atoms with van der Waals surface area (Å²) in [5.41, 5.74) is 0.701. The lowest BCUT2D eigenvalue weighted by Crippen LogP contribution is -2.20. The van der Waals surface area contributed by atoms with Crippen LogP contribution >= 0.6 is 0 Å². The van der Waals surface area contributed by atoms with Crippen molar-refractivity contribution in [3.63, 3.8) is 0 Å². The molecule has 0 saturated heterocycles. The molecule has 0 bridgehead atoms. The van der Waals surface area contributed by atoms with E-state index in [1.165, 1.54) is 32.1 Å². The molecule has 1 aromatic rings.